The third kappa shape index (κ3) is 2.06. The average Bonchev–Trinajstić information content (AvgIpc) is 2.71. The molecule has 1 aliphatic heterocycles. The normalized spacial score (nSPS) is 15.2. The summed E-state index contributed by atoms with van der Waals surface area (Å²) in [4.78, 5) is 10.8. The molecular weight excluding hydrogens is 222 g/mol. The Bertz CT molecular complexity index is 470. The molecule has 0 saturated heterocycles. The molecule has 4 N–H and O–H groups in total. The highest BCUT2D eigenvalue weighted by molar-refractivity contribution is 5.74. The molecule has 0 radical (unpaired) electrons. The number of aryl methyl sites for hydroxylation is 1. The van der Waals surface area contributed by atoms with Gasteiger partial charge >= 0.3 is 5.97 Å². The number of fused-ring (bicyclic) bond motifs is 1. The van der Waals surface area contributed by atoms with Crippen LogP contribution < -0.4 is 10.5 Å². The number of nitrogens with two attached hydrogens (primary N) is 1. The van der Waals surface area contributed by atoms with Crippen LogP contribution in [0.1, 0.15) is 16.7 Å². The van der Waals surface area contributed by atoms with Gasteiger partial charge in [0.15, 0.2) is 0 Å². The van der Waals surface area contributed by atoms with Gasteiger partial charge in [-0.1, -0.05) is 0 Å². The summed E-state index contributed by atoms with van der Waals surface area (Å²) in [5, 5.41) is 18.8. The summed E-state index contributed by atoms with van der Waals surface area (Å²) in [6, 6.07) is 0.764. The maximum absolute atomic E-state index is 10.8. The van der Waals surface area contributed by atoms with Crippen molar-refractivity contribution in [3.05, 3.63) is 22.8 Å². The van der Waals surface area contributed by atoms with E-state index in [1.54, 1.807) is 13.0 Å². The number of benzene rings is 1. The third-order valence-corrected chi connectivity index (χ3v) is 3.02. The fraction of sp³-hybridized carbons (Fsp3) is 0.417. The number of aromatic hydroxyl groups is 1. The van der Waals surface area contributed by atoms with E-state index in [0.29, 0.717) is 24.2 Å². The molecule has 5 heteroatoms. The fourth-order valence-corrected chi connectivity index (χ4v) is 2.07. The molecule has 5 nitrogen and oxygen atoms in total. The van der Waals surface area contributed by atoms with E-state index in [2.05, 4.69) is 0 Å². The zero-order valence-corrected chi connectivity index (χ0v) is 9.56. The Morgan fingerprint density at radius 2 is 2.35 bits per heavy atom. The number of carboxylic acid groups (broad SMARTS) is 1. The van der Waals surface area contributed by atoms with Crippen LogP contribution in [0.2, 0.25) is 0 Å². The molecule has 1 aromatic rings. The van der Waals surface area contributed by atoms with Crippen LogP contribution in [0.3, 0.4) is 0 Å². The first-order valence-corrected chi connectivity index (χ1v) is 5.46. The Morgan fingerprint density at radius 1 is 1.65 bits per heavy atom. The van der Waals surface area contributed by atoms with Crippen LogP contribution in [0.4, 0.5) is 0 Å². The number of phenols is 1. The van der Waals surface area contributed by atoms with Crippen molar-refractivity contribution in [2.75, 3.05) is 6.61 Å². The van der Waals surface area contributed by atoms with Gasteiger partial charge in [-0.05, 0) is 18.6 Å². The average molecular weight is 237 g/mol. The second kappa shape index (κ2) is 4.25. The second-order valence-electron chi connectivity index (χ2n) is 4.24. The lowest BCUT2D eigenvalue weighted by atomic mass is 9.95. The van der Waals surface area contributed by atoms with E-state index in [-0.39, 0.29) is 12.2 Å². The van der Waals surface area contributed by atoms with Gasteiger partial charge < -0.3 is 20.7 Å². The molecule has 1 atom stereocenters. The van der Waals surface area contributed by atoms with E-state index in [1.807, 2.05) is 0 Å². The summed E-state index contributed by atoms with van der Waals surface area (Å²) in [6.07, 6.45) is 0.805. The third-order valence-electron chi connectivity index (χ3n) is 3.02. The van der Waals surface area contributed by atoms with E-state index < -0.39 is 12.0 Å². The molecule has 1 aliphatic rings. The predicted molar refractivity (Wildman–Crippen MR) is 61.4 cm³/mol. The maximum Gasteiger partial charge on any atom is 0.320 e. The Morgan fingerprint density at radius 3 is 3.00 bits per heavy atom. The topological polar surface area (TPSA) is 92.8 Å². The van der Waals surface area contributed by atoms with Gasteiger partial charge in [-0.3, -0.25) is 4.79 Å². The summed E-state index contributed by atoms with van der Waals surface area (Å²) >= 11 is 0. The SMILES string of the molecule is Cc1cc2c(c(CC(N)C(=O)O)c1O)CCO2. The van der Waals surface area contributed by atoms with Crippen molar-refractivity contribution in [2.24, 2.45) is 5.73 Å². The van der Waals surface area contributed by atoms with Crippen LogP contribution in [-0.2, 0) is 17.6 Å². The van der Waals surface area contributed by atoms with E-state index in [0.717, 1.165) is 11.3 Å². The molecular formula is C12H15NO4. The fourth-order valence-electron chi connectivity index (χ4n) is 2.07. The molecule has 0 fully saturated rings. The highest BCUT2D eigenvalue weighted by atomic mass is 16.5. The van der Waals surface area contributed by atoms with Crippen LogP contribution in [0.5, 0.6) is 11.5 Å². The zero-order valence-electron chi connectivity index (χ0n) is 9.56. The molecule has 2 rings (SSSR count). The largest absolute Gasteiger partial charge is 0.507 e. The van der Waals surface area contributed by atoms with Crippen LogP contribution in [-0.4, -0.2) is 28.8 Å². The van der Waals surface area contributed by atoms with Crippen molar-refractivity contribution in [2.45, 2.75) is 25.8 Å². The molecule has 0 aliphatic carbocycles. The number of hydrogen-bond acceptors (Lipinski definition) is 4. The van der Waals surface area contributed by atoms with E-state index >= 15 is 0 Å². The van der Waals surface area contributed by atoms with Crippen LogP contribution in [0, 0.1) is 6.92 Å². The van der Waals surface area contributed by atoms with Crippen molar-refractivity contribution in [1.29, 1.82) is 0 Å². The lowest BCUT2D eigenvalue weighted by Crippen LogP contribution is -2.32. The highest BCUT2D eigenvalue weighted by Crippen LogP contribution is 2.37. The molecule has 1 unspecified atom stereocenters. The summed E-state index contributed by atoms with van der Waals surface area (Å²) in [6.45, 7) is 2.32. The number of carboxylic acids is 1. The quantitative estimate of drug-likeness (QED) is 0.715. The van der Waals surface area contributed by atoms with E-state index in [1.165, 1.54) is 0 Å². The smallest absolute Gasteiger partial charge is 0.320 e. The number of carbonyl (C=O) groups is 1. The number of phenolic OH excluding ortho intramolecular Hbond substituents is 1. The van der Waals surface area contributed by atoms with Gasteiger partial charge in [0, 0.05) is 24.0 Å². The van der Waals surface area contributed by atoms with E-state index in [4.69, 9.17) is 15.6 Å². The predicted octanol–water partition coefficient (Wildman–Crippen LogP) is 0.590. The summed E-state index contributed by atoms with van der Waals surface area (Å²) in [5.74, 6) is -0.211. The number of rotatable bonds is 3. The van der Waals surface area contributed by atoms with Gasteiger partial charge in [0.1, 0.15) is 17.5 Å². The summed E-state index contributed by atoms with van der Waals surface area (Å²) in [7, 11) is 0. The Labute approximate surface area is 98.8 Å². The van der Waals surface area contributed by atoms with Crippen molar-refractivity contribution in [1.82, 2.24) is 0 Å². The first kappa shape index (κ1) is 11.7. The van der Waals surface area contributed by atoms with Gasteiger partial charge in [-0.15, -0.1) is 0 Å². The molecule has 0 saturated carbocycles. The minimum absolute atomic E-state index is 0.120. The molecule has 0 aromatic heterocycles. The number of aliphatic carboxylic acids is 1. The van der Waals surface area contributed by atoms with Gasteiger partial charge in [0.05, 0.1) is 6.61 Å². The molecule has 0 spiro atoms. The van der Waals surface area contributed by atoms with Gasteiger partial charge in [-0.25, -0.2) is 0 Å². The number of hydrogen-bond donors (Lipinski definition) is 3. The number of ether oxygens (including phenoxy) is 1. The Balaban J connectivity index is 2.42. The summed E-state index contributed by atoms with van der Waals surface area (Å²) < 4.78 is 5.42. The maximum atomic E-state index is 10.8. The standard InChI is InChI=1S/C12H15NO4/c1-6-4-10-7(2-3-17-10)8(11(6)14)5-9(13)12(15)16/h4,9,14H,2-3,5,13H2,1H3,(H,15,16). The van der Waals surface area contributed by atoms with Crippen LogP contribution in [0.25, 0.3) is 0 Å². The van der Waals surface area contributed by atoms with Crippen molar-refractivity contribution in [3.8, 4) is 11.5 Å². The first-order valence-electron chi connectivity index (χ1n) is 5.46. The lowest BCUT2D eigenvalue weighted by Gasteiger charge is -2.14. The van der Waals surface area contributed by atoms with Crippen molar-refractivity contribution in [3.63, 3.8) is 0 Å². The second-order valence-corrected chi connectivity index (χ2v) is 4.24. The molecule has 17 heavy (non-hydrogen) atoms. The van der Waals surface area contributed by atoms with Crippen molar-refractivity contribution >= 4 is 5.97 Å². The molecule has 0 amide bonds. The first-order chi connectivity index (χ1) is 8.00. The molecule has 92 valence electrons. The summed E-state index contributed by atoms with van der Waals surface area (Å²) in [5.41, 5.74) is 7.67. The van der Waals surface area contributed by atoms with Crippen LogP contribution in [0.15, 0.2) is 6.07 Å². The zero-order chi connectivity index (χ0) is 12.6. The highest BCUT2D eigenvalue weighted by Gasteiger charge is 2.24. The van der Waals surface area contributed by atoms with Gasteiger partial charge in [-0.2, -0.15) is 0 Å². The van der Waals surface area contributed by atoms with Crippen molar-refractivity contribution < 1.29 is 19.7 Å². The molecule has 1 aromatic carbocycles. The minimum atomic E-state index is -1.07. The lowest BCUT2D eigenvalue weighted by molar-refractivity contribution is -0.138. The van der Waals surface area contributed by atoms with Gasteiger partial charge in [0.2, 0.25) is 0 Å². The Hall–Kier alpha value is -1.75. The minimum Gasteiger partial charge on any atom is -0.507 e. The van der Waals surface area contributed by atoms with Crippen LogP contribution >= 0.6 is 0 Å². The van der Waals surface area contributed by atoms with E-state index in [9.17, 15) is 9.90 Å². The monoisotopic (exact) mass is 237 g/mol. The molecule has 0 bridgehead atoms. The Kier molecular flexibility index (Phi) is 2.93. The van der Waals surface area contributed by atoms with Gasteiger partial charge in [0.25, 0.3) is 0 Å². The molecule has 1 heterocycles.